The molecule has 0 aliphatic rings. The van der Waals surface area contributed by atoms with Crippen molar-refractivity contribution >= 4 is 11.8 Å². The summed E-state index contributed by atoms with van der Waals surface area (Å²) in [6, 6.07) is 0.892. The van der Waals surface area contributed by atoms with Crippen LogP contribution in [-0.4, -0.2) is 33.3 Å². The van der Waals surface area contributed by atoms with Crippen LogP contribution in [0.25, 0.3) is 0 Å². The van der Waals surface area contributed by atoms with Crippen molar-refractivity contribution in [1.82, 2.24) is 4.98 Å². The zero-order valence-corrected chi connectivity index (χ0v) is 9.64. The van der Waals surface area contributed by atoms with Crippen LogP contribution in [0.2, 0.25) is 0 Å². The average Bonchev–Trinajstić information content (AvgIpc) is 2.19. The van der Waals surface area contributed by atoms with E-state index in [1.807, 2.05) is 0 Å². The molecule has 6 heteroatoms. The third kappa shape index (κ3) is 3.67. The highest BCUT2D eigenvalue weighted by atomic mass is 19.1. The fraction of sp³-hybridized carbons (Fsp3) is 0.455. The highest BCUT2D eigenvalue weighted by molar-refractivity contribution is 5.88. The molecule has 2 unspecified atom stereocenters. The number of carboxylic acid groups (broad SMARTS) is 1. The van der Waals surface area contributed by atoms with E-state index in [0.717, 1.165) is 6.07 Å². The maximum Gasteiger partial charge on any atom is 0.338 e. The Labute approximate surface area is 98.3 Å². The number of nitrogens with one attached hydrogen (secondary N) is 1. The number of hydrogen-bond acceptors (Lipinski definition) is 4. The minimum atomic E-state index is -1.34. The van der Waals surface area contributed by atoms with Crippen LogP contribution in [0.5, 0.6) is 0 Å². The molecule has 3 N–H and O–H groups in total. The summed E-state index contributed by atoms with van der Waals surface area (Å²) >= 11 is 0. The molecule has 0 spiro atoms. The lowest BCUT2D eigenvalue weighted by Gasteiger charge is -2.16. The summed E-state index contributed by atoms with van der Waals surface area (Å²) in [7, 11) is 0. The molecule has 0 fully saturated rings. The average molecular weight is 242 g/mol. The van der Waals surface area contributed by atoms with Crippen molar-refractivity contribution in [2.24, 2.45) is 0 Å². The minimum Gasteiger partial charge on any atom is -0.478 e. The van der Waals surface area contributed by atoms with Gasteiger partial charge in [-0.1, -0.05) is 0 Å². The van der Waals surface area contributed by atoms with Gasteiger partial charge >= 0.3 is 5.97 Å². The van der Waals surface area contributed by atoms with Crippen LogP contribution >= 0.6 is 0 Å². The lowest BCUT2D eigenvalue weighted by Crippen LogP contribution is -2.22. The number of pyridine rings is 1. The molecule has 0 aliphatic carbocycles. The number of aromatic carboxylic acids is 1. The first-order valence-electron chi connectivity index (χ1n) is 5.24. The highest BCUT2D eigenvalue weighted by Gasteiger charge is 2.16. The molecule has 94 valence electrons. The molecule has 1 aromatic heterocycles. The molecule has 1 heterocycles. The number of aliphatic hydroxyl groups is 1. The minimum absolute atomic E-state index is 0.113. The lowest BCUT2D eigenvalue weighted by molar-refractivity contribution is 0.0691. The van der Waals surface area contributed by atoms with Gasteiger partial charge in [0, 0.05) is 12.2 Å². The van der Waals surface area contributed by atoms with Crippen molar-refractivity contribution in [2.45, 2.75) is 32.4 Å². The number of carboxylic acids is 1. The maximum atomic E-state index is 13.7. The number of anilines is 1. The Morgan fingerprint density at radius 2 is 2.24 bits per heavy atom. The molecular formula is C11H15FN2O3. The molecule has 5 nitrogen and oxygen atoms in total. The maximum absolute atomic E-state index is 13.7. The molecule has 0 saturated heterocycles. The monoisotopic (exact) mass is 242 g/mol. The van der Waals surface area contributed by atoms with Crippen LogP contribution in [0.1, 0.15) is 30.6 Å². The van der Waals surface area contributed by atoms with Crippen molar-refractivity contribution < 1.29 is 19.4 Å². The fourth-order valence-corrected chi connectivity index (χ4v) is 1.51. The van der Waals surface area contributed by atoms with Gasteiger partial charge in [-0.05, 0) is 26.3 Å². The van der Waals surface area contributed by atoms with Crippen molar-refractivity contribution in [2.75, 3.05) is 5.32 Å². The van der Waals surface area contributed by atoms with Crippen molar-refractivity contribution in [3.63, 3.8) is 0 Å². The summed E-state index contributed by atoms with van der Waals surface area (Å²) in [6.07, 6.45) is 1.12. The van der Waals surface area contributed by atoms with Gasteiger partial charge in [-0.25, -0.2) is 14.2 Å². The quantitative estimate of drug-likeness (QED) is 0.728. The SMILES string of the molecule is CC(O)CC(C)Nc1nccc(C(=O)O)c1F. The summed E-state index contributed by atoms with van der Waals surface area (Å²) < 4.78 is 13.7. The largest absolute Gasteiger partial charge is 0.478 e. The van der Waals surface area contributed by atoms with Gasteiger partial charge in [0.15, 0.2) is 11.6 Å². The van der Waals surface area contributed by atoms with Gasteiger partial charge in [0.2, 0.25) is 0 Å². The van der Waals surface area contributed by atoms with Crippen LogP contribution < -0.4 is 5.32 Å². The van der Waals surface area contributed by atoms with Gasteiger partial charge in [-0.3, -0.25) is 0 Å². The molecule has 1 rings (SSSR count). The molecule has 0 bridgehead atoms. The van der Waals surface area contributed by atoms with Crippen LogP contribution in [0, 0.1) is 5.82 Å². The number of aromatic nitrogens is 1. The van der Waals surface area contributed by atoms with Crippen molar-refractivity contribution in [3.05, 3.63) is 23.6 Å². The zero-order chi connectivity index (χ0) is 13.0. The van der Waals surface area contributed by atoms with Gasteiger partial charge in [-0.15, -0.1) is 0 Å². The smallest absolute Gasteiger partial charge is 0.338 e. The molecule has 17 heavy (non-hydrogen) atoms. The summed E-state index contributed by atoms with van der Waals surface area (Å²) in [5.41, 5.74) is -0.424. The Kier molecular flexibility index (Phi) is 4.39. The number of rotatable bonds is 5. The molecule has 0 aromatic carbocycles. The second kappa shape index (κ2) is 5.58. The predicted octanol–water partition coefficient (Wildman–Crippen LogP) is 1.49. The Bertz CT molecular complexity index is 410. The van der Waals surface area contributed by atoms with E-state index >= 15 is 0 Å². The van der Waals surface area contributed by atoms with E-state index in [1.54, 1.807) is 13.8 Å². The van der Waals surface area contributed by atoms with E-state index in [-0.39, 0.29) is 11.9 Å². The van der Waals surface area contributed by atoms with Crippen molar-refractivity contribution in [3.8, 4) is 0 Å². The van der Waals surface area contributed by atoms with Gasteiger partial charge in [0.25, 0.3) is 0 Å². The van der Waals surface area contributed by atoms with Gasteiger partial charge in [-0.2, -0.15) is 0 Å². The summed E-state index contributed by atoms with van der Waals surface area (Å²) in [5.74, 6) is -2.34. The molecule has 0 radical (unpaired) electrons. The number of carbonyl (C=O) groups is 1. The van der Waals surface area contributed by atoms with Gasteiger partial charge in [0.1, 0.15) is 5.56 Å². The van der Waals surface area contributed by atoms with E-state index in [9.17, 15) is 9.18 Å². The van der Waals surface area contributed by atoms with Crippen LogP contribution in [-0.2, 0) is 0 Å². The van der Waals surface area contributed by atoms with E-state index in [1.165, 1.54) is 6.20 Å². The zero-order valence-electron chi connectivity index (χ0n) is 9.64. The second-order valence-electron chi connectivity index (χ2n) is 3.96. The Balaban J connectivity index is 2.85. The number of aliphatic hydroxyl groups excluding tert-OH is 1. The first-order valence-corrected chi connectivity index (χ1v) is 5.24. The highest BCUT2D eigenvalue weighted by Crippen LogP contribution is 2.16. The molecule has 0 saturated carbocycles. The molecule has 2 atom stereocenters. The Hall–Kier alpha value is -1.69. The van der Waals surface area contributed by atoms with Gasteiger partial charge < -0.3 is 15.5 Å². The second-order valence-corrected chi connectivity index (χ2v) is 3.96. The summed E-state index contributed by atoms with van der Waals surface area (Å²) in [6.45, 7) is 3.37. The molecule has 1 aromatic rings. The first-order chi connectivity index (χ1) is 7.91. The van der Waals surface area contributed by atoms with Crippen LogP contribution in [0.4, 0.5) is 10.2 Å². The van der Waals surface area contributed by atoms with E-state index in [4.69, 9.17) is 10.2 Å². The molecular weight excluding hydrogens is 227 g/mol. The standard InChI is InChI=1S/C11H15FN2O3/c1-6(5-7(2)15)14-10-9(12)8(11(16)17)3-4-13-10/h3-4,6-7,15H,5H2,1-2H3,(H,13,14)(H,16,17). The van der Waals surface area contributed by atoms with E-state index < -0.39 is 23.5 Å². The van der Waals surface area contributed by atoms with Gasteiger partial charge in [0.05, 0.1) is 6.10 Å². The number of nitrogens with zero attached hydrogens (tertiary/aromatic N) is 1. The number of hydrogen-bond donors (Lipinski definition) is 3. The molecule has 0 amide bonds. The first kappa shape index (κ1) is 13.4. The summed E-state index contributed by atoms with van der Waals surface area (Å²) in [4.78, 5) is 14.4. The fourth-order valence-electron chi connectivity index (χ4n) is 1.51. The summed E-state index contributed by atoms with van der Waals surface area (Å²) in [5, 5.41) is 20.6. The normalized spacial score (nSPS) is 14.1. The Morgan fingerprint density at radius 3 is 2.76 bits per heavy atom. The third-order valence-corrected chi connectivity index (χ3v) is 2.20. The molecule has 0 aliphatic heterocycles. The third-order valence-electron chi connectivity index (χ3n) is 2.20. The van der Waals surface area contributed by atoms with Crippen LogP contribution in [0.15, 0.2) is 12.3 Å². The van der Waals surface area contributed by atoms with Crippen LogP contribution in [0.3, 0.4) is 0 Å². The van der Waals surface area contributed by atoms with E-state index in [0.29, 0.717) is 6.42 Å². The number of halogens is 1. The lowest BCUT2D eigenvalue weighted by atomic mass is 10.1. The Morgan fingerprint density at radius 1 is 1.59 bits per heavy atom. The predicted molar refractivity (Wildman–Crippen MR) is 60.5 cm³/mol. The topological polar surface area (TPSA) is 82.5 Å². The van der Waals surface area contributed by atoms with Crippen molar-refractivity contribution in [1.29, 1.82) is 0 Å². The van der Waals surface area contributed by atoms with E-state index in [2.05, 4.69) is 10.3 Å².